The molecule has 0 radical (unpaired) electrons. The van der Waals surface area contributed by atoms with Gasteiger partial charge in [0.1, 0.15) is 6.33 Å². The van der Waals surface area contributed by atoms with Gasteiger partial charge in [0.15, 0.2) is 0 Å². The van der Waals surface area contributed by atoms with Gasteiger partial charge in [0.2, 0.25) is 5.95 Å². The molecule has 18 heavy (non-hydrogen) atoms. The van der Waals surface area contributed by atoms with Crippen molar-refractivity contribution in [3.05, 3.63) is 16.8 Å². The number of aliphatic hydroxyl groups excluding tert-OH is 2. The molecule has 0 spiro atoms. The van der Waals surface area contributed by atoms with Gasteiger partial charge in [-0.1, -0.05) is 7.43 Å². The summed E-state index contributed by atoms with van der Waals surface area (Å²) in [5.74, 6) is -0.237. The molecule has 0 aliphatic heterocycles. The molecule has 1 heterocycles. The molecule has 2 rings (SSSR count). The quantitative estimate of drug-likeness (QED) is 0.660. The lowest BCUT2D eigenvalue weighted by Crippen LogP contribution is -2.37. The molecule has 7 heteroatoms. The van der Waals surface area contributed by atoms with E-state index in [-0.39, 0.29) is 31.9 Å². The Bertz CT molecular complexity index is 448. The third kappa shape index (κ3) is 2.85. The Kier molecular flexibility index (Phi) is 4.80. The van der Waals surface area contributed by atoms with E-state index in [1.54, 1.807) is 0 Å². The first-order valence-corrected chi connectivity index (χ1v) is 5.61. The molecule has 7 nitrogen and oxygen atoms in total. The highest BCUT2D eigenvalue weighted by molar-refractivity contribution is 5.10. The topological polar surface area (TPSA) is 114 Å². The van der Waals surface area contributed by atoms with Crippen LogP contribution in [0.25, 0.3) is 0 Å². The maximum absolute atomic E-state index is 11.6. The van der Waals surface area contributed by atoms with E-state index >= 15 is 0 Å². The normalized spacial score (nSPS) is 27.6. The first kappa shape index (κ1) is 14.6. The molecule has 102 valence electrons. The van der Waals surface area contributed by atoms with Crippen molar-refractivity contribution >= 4 is 5.95 Å². The van der Waals surface area contributed by atoms with Crippen molar-refractivity contribution in [1.82, 2.24) is 14.5 Å². The molecule has 1 fully saturated rings. The third-order valence-corrected chi connectivity index (χ3v) is 3.29. The Morgan fingerprint density at radius 2 is 2.22 bits per heavy atom. The van der Waals surface area contributed by atoms with Gasteiger partial charge in [-0.2, -0.15) is 4.98 Å². The lowest BCUT2D eigenvalue weighted by atomic mass is 9.84. The Morgan fingerprint density at radius 1 is 1.50 bits per heavy atom. The number of hydrogen-bond acceptors (Lipinski definition) is 6. The summed E-state index contributed by atoms with van der Waals surface area (Å²) in [6, 6.07) is -0.0800. The van der Waals surface area contributed by atoms with Crippen LogP contribution >= 0.6 is 0 Å². The lowest BCUT2D eigenvalue weighted by Gasteiger charge is -2.32. The average Bonchev–Trinajstić information content (AvgIpc) is 2.30. The predicted molar refractivity (Wildman–Crippen MR) is 66.9 cm³/mol. The van der Waals surface area contributed by atoms with Crippen LogP contribution in [0.2, 0.25) is 0 Å². The van der Waals surface area contributed by atoms with Crippen LogP contribution in [-0.2, 0) is 0 Å². The van der Waals surface area contributed by atoms with E-state index in [9.17, 15) is 9.90 Å². The molecule has 0 saturated heterocycles. The van der Waals surface area contributed by atoms with Crippen molar-refractivity contribution in [3.8, 4) is 0 Å². The zero-order chi connectivity index (χ0) is 12.4. The molecular formula is C11H20N4O3. The van der Waals surface area contributed by atoms with Crippen LogP contribution in [-0.4, -0.2) is 37.5 Å². The number of anilines is 1. The van der Waals surface area contributed by atoms with Gasteiger partial charge in [-0.3, -0.25) is 4.57 Å². The minimum Gasteiger partial charge on any atom is -0.396 e. The molecule has 1 aliphatic rings. The van der Waals surface area contributed by atoms with Crippen LogP contribution in [0.15, 0.2) is 11.1 Å². The van der Waals surface area contributed by atoms with Gasteiger partial charge in [-0.25, -0.2) is 9.78 Å². The van der Waals surface area contributed by atoms with Crippen LogP contribution in [0.5, 0.6) is 0 Å². The molecule has 3 atom stereocenters. The van der Waals surface area contributed by atoms with E-state index in [0.29, 0.717) is 19.3 Å². The van der Waals surface area contributed by atoms with E-state index in [2.05, 4.69) is 9.97 Å². The molecule has 1 aromatic heterocycles. The standard InChI is InChI=1S/C10H16N4O3.CH4/c11-9-12-5-14(10(17)13-9)7-1-2-8(16)6(3-7)4-15;/h5-8,15-16H,1-4H2,(H2,11,13,17);1H4/t6-,7+,8?;/m1./s1. The van der Waals surface area contributed by atoms with Gasteiger partial charge >= 0.3 is 5.69 Å². The first-order valence-electron chi connectivity index (χ1n) is 5.61. The average molecular weight is 256 g/mol. The van der Waals surface area contributed by atoms with Crippen molar-refractivity contribution < 1.29 is 10.2 Å². The van der Waals surface area contributed by atoms with E-state index in [4.69, 9.17) is 10.8 Å². The molecule has 1 aliphatic carbocycles. The Morgan fingerprint density at radius 3 is 2.83 bits per heavy atom. The minimum absolute atomic E-state index is 0. The summed E-state index contributed by atoms with van der Waals surface area (Å²) in [5, 5.41) is 18.8. The van der Waals surface area contributed by atoms with Crippen molar-refractivity contribution in [2.75, 3.05) is 12.3 Å². The summed E-state index contributed by atoms with van der Waals surface area (Å²) in [5.41, 5.74) is 4.88. The number of nitrogens with two attached hydrogens (primary N) is 1. The van der Waals surface area contributed by atoms with Crippen molar-refractivity contribution in [3.63, 3.8) is 0 Å². The maximum atomic E-state index is 11.6. The molecule has 0 amide bonds. The van der Waals surface area contributed by atoms with Crippen LogP contribution in [0.3, 0.4) is 0 Å². The molecular weight excluding hydrogens is 236 g/mol. The highest BCUT2D eigenvalue weighted by Crippen LogP contribution is 2.31. The molecule has 1 saturated carbocycles. The number of nitrogens with zero attached hydrogens (tertiary/aromatic N) is 3. The fraction of sp³-hybridized carbons (Fsp3) is 0.727. The van der Waals surface area contributed by atoms with Crippen LogP contribution in [0.4, 0.5) is 5.95 Å². The van der Waals surface area contributed by atoms with E-state index in [1.807, 2.05) is 0 Å². The van der Waals surface area contributed by atoms with Gasteiger partial charge in [0, 0.05) is 18.6 Å². The minimum atomic E-state index is -0.498. The van der Waals surface area contributed by atoms with Gasteiger partial charge in [-0.05, 0) is 19.3 Å². The number of hydrogen-bond donors (Lipinski definition) is 3. The molecule has 1 unspecified atom stereocenters. The largest absolute Gasteiger partial charge is 0.396 e. The van der Waals surface area contributed by atoms with Gasteiger partial charge in [0.05, 0.1) is 6.10 Å². The number of rotatable bonds is 2. The van der Waals surface area contributed by atoms with Crippen molar-refractivity contribution in [2.45, 2.75) is 38.8 Å². The smallest absolute Gasteiger partial charge is 0.352 e. The number of nitrogen functional groups attached to an aromatic ring is 1. The second-order valence-electron chi connectivity index (χ2n) is 4.38. The number of aromatic nitrogens is 3. The summed E-state index contributed by atoms with van der Waals surface area (Å²) in [6.45, 7) is -0.0811. The maximum Gasteiger partial charge on any atom is 0.352 e. The molecule has 0 bridgehead atoms. The van der Waals surface area contributed by atoms with Crippen LogP contribution in [0, 0.1) is 5.92 Å². The molecule has 1 aromatic rings. The Hall–Kier alpha value is -1.47. The SMILES string of the molecule is C.Nc1ncn([C@H]2CCC(O)[C@@H](CO)C2)c(=O)n1. The van der Waals surface area contributed by atoms with Crippen molar-refractivity contribution in [2.24, 2.45) is 5.92 Å². The summed E-state index contributed by atoms with van der Waals surface area (Å²) in [4.78, 5) is 19.0. The monoisotopic (exact) mass is 256 g/mol. The molecule has 0 aromatic carbocycles. The Balaban J connectivity index is 0.00000162. The van der Waals surface area contributed by atoms with Crippen LogP contribution < -0.4 is 11.4 Å². The highest BCUT2D eigenvalue weighted by Gasteiger charge is 2.30. The van der Waals surface area contributed by atoms with Gasteiger partial charge in [-0.15, -0.1) is 0 Å². The zero-order valence-electron chi connectivity index (χ0n) is 9.36. The van der Waals surface area contributed by atoms with E-state index in [0.717, 1.165) is 0 Å². The van der Waals surface area contributed by atoms with Gasteiger partial charge in [0.25, 0.3) is 0 Å². The van der Waals surface area contributed by atoms with E-state index < -0.39 is 11.8 Å². The fourth-order valence-electron chi connectivity index (χ4n) is 2.28. The zero-order valence-corrected chi connectivity index (χ0v) is 9.36. The summed E-state index contributed by atoms with van der Waals surface area (Å²) in [6.07, 6.45) is 2.66. The second kappa shape index (κ2) is 5.92. The lowest BCUT2D eigenvalue weighted by molar-refractivity contribution is 0.0187. The fourth-order valence-corrected chi connectivity index (χ4v) is 2.28. The second-order valence-corrected chi connectivity index (χ2v) is 4.38. The summed E-state index contributed by atoms with van der Waals surface area (Å²) >= 11 is 0. The highest BCUT2D eigenvalue weighted by atomic mass is 16.3. The first-order chi connectivity index (χ1) is 8.11. The summed E-state index contributed by atoms with van der Waals surface area (Å²) < 4.78 is 1.42. The van der Waals surface area contributed by atoms with Gasteiger partial charge < -0.3 is 15.9 Å². The van der Waals surface area contributed by atoms with E-state index in [1.165, 1.54) is 10.9 Å². The van der Waals surface area contributed by atoms with Crippen molar-refractivity contribution in [1.29, 1.82) is 0 Å². The predicted octanol–water partition coefficient (Wildman–Crippen LogP) is -0.449. The number of aliphatic hydroxyl groups is 2. The Labute approximate surface area is 105 Å². The third-order valence-electron chi connectivity index (χ3n) is 3.29. The summed E-state index contributed by atoms with van der Waals surface area (Å²) in [7, 11) is 0. The van der Waals surface area contributed by atoms with Crippen LogP contribution in [0.1, 0.15) is 32.7 Å². The molecule has 4 N–H and O–H groups in total.